The SMILES string of the molecule is CCC1CCCC1NCCSc1ccccc1. The lowest BCUT2D eigenvalue weighted by Crippen LogP contribution is -2.33. The minimum atomic E-state index is 0.788. The summed E-state index contributed by atoms with van der Waals surface area (Å²) in [6.45, 7) is 3.46. The van der Waals surface area contributed by atoms with Crippen LogP contribution in [0.15, 0.2) is 35.2 Å². The van der Waals surface area contributed by atoms with Gasteiger partial charge in [0.2, 0.25) is 0 Å². The smallest absolute Gasteiger partial charge is 0.0106 e. The monoisotopic (exact) mass is 249 g/mol. The Labute approximate surface area is 109 Å². The van der Waals surface area contributed by atoms with Crippen molar-refractivity contribution in [1.82, 2.24) is 5.32 Å². The maximum Gasteiger partial charge on any atom is 0.0106 e. The molecule has 1 N–H and O–H groups in total. The predicted molar refractivity (Wildman–Crippen MR) is 76.6 cm³/mol. The fourth-order valence-electron chi connectivity index (χ4n) is 2.72. The summed E-state index contributed by atoms with van der Waals surface area (Å²) in [5.41, 5.74) is 0. The quantitative estimate of drug-likeness (QED) is 0.605. The Bertz CT molecular complexity index is 312. The first-order valence-corrected chi connectivity index (χ1v) is 7.80. The standard InChI is InChI=1S/C15H23NS/c1-2-13-7-6-10-15(13)16-11-12-17-14-8-4-3-5-9-14/h3-5,8-9,13,15-16H,2,6-7,10-12H2,1H3. The van der Waals surface area contributed by atoms with Gasteiger partial charge in [0.05, 0.1) is 0 Å². The average Bonchev–Trinajstić information content (AvgIpc) is 2.83. The van der Waals surface area contributed by atoms with Crippen molar-refractivity contribution < 1.29 is 0 Å². The molecule has 1 nitrogen and oxygen atoms in total. The van der Waals surface area contributed by atoms with Gasteiger partial charge in [0.1, 0.15) is 0 Å². The second-order valence-electron chi connectivity index (χ2n) is 4.82. The van der Waals surface area contributed by atoms with Crippen molar-refractivity contribution in [2.45, 2.75) is 43.5 Å². The van der Waals surface area contributed by atoms with Gasteiger partial charge in [-0.1, -0.05) is 38.0 Å². The third kappa shape index (κ3) is 4.04. The highest BCUT2D eigenvalue weighted by Crippen LogP contribution is 2.28. The molecule has 1 aromatic rings. The van der Waals surface area contributed by atoms with Crippen molar-refractivity contribution in [3.63, 3.8) is 0 Å². The van der Waals surface area contributed by atoms with E-state index in [-0.39, 0.29) is 0 Å². The third-order valence-corrected chi connectivity index (χ3v) is 4.72. The third-order valence-electron chi connectivity index (χ3n) is 3.70. The molecule has 1 fully saturated rings. The molecule has 17 heavy (non-hydrogen) atoms. The van der Waals surface area contributed by atoms with Gasteiger partial charge < -0.3 is 5.32 Å². The topological polar surface area (TPSA) is 12.0 Å². The summed E-state index contributed by atoms with van der Waals surface area (Å²) in [5, 5.41) is 3.73. The molecular formula is C15H23NS. The summed E-state index contributed by atoms with van der Waals surface area (Å²) in [7, 11) is 0. The molecule has 94 valence electrons. The van der Waals surface area contributed by atoms with E-state index in [1.807, 2.05) is 11.8 Å². The Morgan fingerprint density at radius 3 is 2.82 bits per heavy atom. The van der Waals surface area contributed by atoms with Crippen LogP contribution in [0.25, 0.3) is 0 Å². The first-order chi connectivity index (χ1) is 8.40. The number of hydrogen-bond donors (Lipinski definition) is 1. The Balaban J connectivity index is 1.63. The second-order valence-corrected chi connectivity index (χ2v) is 5.99. The van der Waals surface area contributed by atoms with Gasteiger partial charge in [0.25, 0.3) is 0 Å². The maximum atomic E-state index is 3.73. The van der Waals surface area contributed by atoms with Crippen molar-refractivity contribution >= 4 is 11.8 Å². The number of rotatable bonds is 6. The van der Waals surface area contributed by atoms with Crippen LogP contribution in [0.3, 0.4) is 0 Å². The average molecular weight is 249 g/mol. The van der Waals surface area contributed by atoms with E-state index in [0.717, 1.165) is 18.5 Å². The Kier molecular flexibility index (Phi) is 5.40. The minimum Gasteiger partial charge on any atom is -0.313 e. The Morgan fingerprint density at radius 2 is 2.06 bits per heavy atom. The van der Waals surface area contributed by atoms with E-state index >= 15 is 0 Å². The van der Waals surface area contributed by atoms with E-state index in [0.29, 0.717) is 0 Å². The van der Waals surface area contributed by atoms with Gasteiger partial charge >= 0.3 is 0 Å². The first kappa shape index (κ1) is 13.0. The Hall–Kier alpha value is -0.470. The van der Waals surface area contributed by atoms with E-state index in [9.17, 15) is 0 Å². The first-order valence-electron chi connectivity index (χ1n) is 6.81. The molecule has 0 saturated heterocycles. The van der Waals surface area contributed by atoms with Crippen LogP contribution in [-0.4, -0.2) is 18.3 Å². The number of thioether (sulfide) groups is 1. The van der Waals surface area contributed by atoms with E-state index in [1.165, 1.54) is 36.3 Å². The second kappa shape index (κ2) is 7.07. The Morgan fingerprint density at radius 1 is 1.24 bits per heavy atom. The molecule has 0 aliphatic heterocycles. The van der Waals surface area contributed by atoms with Crippen LogP contribution in [0, 0.1) is 5.92 Å². The summed E-state index contributed by atoms with van der Waals surface area (Å²) in [5.74, 6) is 2.11. The van der Waals surface area contributed by atoms with E-state index in [1.54, 1.807) is 0 Å². The molecule has 0 amide bonds. The zero-order valence-electron chi connectivity index (χ0n) is 10.7. The van der Waals surface area contributed by atoms with Gasteiger partial charge in [-0.05, 0) is 30.9 Å². The van der Waals surface area contributed by atoms with Gasteiger partial charge in [0, 0.05) is 23.2 Å². The van der Waals surface area contributed by atoms with E-state index in [4.69, 9.17) is 0 Å². The summed E-state index contributed by atoms with van der Waals surface area (Å²) in [6, 6.07) is 11.5. The van der Waals surface area contributed by atoms with Gasteiger partial charge in [-0.3, -0.25) is 0 Å². The summed E-state index contributed by atoms with van der Waals surface area (Å²) >= 11 is 1.95. The largest absolute Gasteiger partial charge is 0.313 e. The highest BCUT2D eigenvalue weighted by Gasteiger charge is 2.24. The van der Waals surface area contributed by atoms with Crippen molar-refractivity contribution in [3.05, 3.63) is 30.3 Å². The zero-order chi connectivity index (χ0) is 11.9. The summed E-state index contributed by atoms with van der Waals surface area (Å²) in [6.07, 6.45) is 5.57. The molecule has 1 aromatic carbocycles. The van der Waals surface area contributed by atoms with Crippen molar-refractivity contribution in [1.29, 1.82) is 0 Å². The number of nitrogens with one attached hydrogen (secondary N) is 1. The fourth-order valence-corrected chi connectivity index (χ4v) is 3.53. The van der Waals surface area contributed by atoms with Crippen LogP contribution >= 0.6 is 11.8 Å². The fraction of sp³-hybridized carbons (Fsp3) is 0.600. The maximum absolute atomic E-state index is 3.73. The molecule has 0 bridgehead atoms. The van der Waals surface area contributed by atoms with Crippen LogP contribution < -0.4 is 5.32 Å². The molecule has 1 saturated carbocycles. The minimum absolute atomic E-state index is 0.788. The number of hydrogen-bond acceptors (Lipinski definition) is 2. The van der Waals surface area contributed by atoms with Crippen molar-refractivity contribution in [2.24, 2.45) is 5.92 Å². The highest BCUT2D eigenvalue weighted by molar-refractivity contribution is 7.99. The molecule has 1 aliphatic carbocycles. The summed E-state index contributed by atoms with van der Waals surface area (Å²) in [4.78, 5) is 1.38. The highest BCUT2D eigenvalue weighted by atomic mass is 32.2. The number of benzene rings is 1. The van der Waals surface area contributed by atoms with E-state index in [2.05, 4.69) is 42.6 Å². The van der Waals surface area contributed by atoms with Gasteiger partial charge in [0.15, 0.2) is 0 Å². The predicted octanol–water partition coefficient (Wildman–Crippen LogP) is 3.95. The lowest BCUT2D eigenvalue weighted by atomic mass is 10.0. The molecule has 1 aliphatic rings. The van der Waals surface area contributed by atoms with Crippen LogP contribution in [0.2, 0.25) is 0 Å². The molecule has 2 unspecified atom stereocenters. The molecule has 0 heterocycles. The van der Waals surface area contributed by atoms with Gasteiger partial charge in [-0.15, -0.1) is 11.8 Å². The van der Waals surface area contributed by atoms with Crippen molar-refractivity contribution in [2.75, 3.05) is 12.3 Å². The molecule has 2 atom stereocenters. The van der Waals surface area contributed by atoms with E-state index < -0.39 is 0 Å². The van der Waals surface area contributed by atoms with Crippen molar-refractivity contribution in [3.8, 4) is 0 Å². The lowest BCUT2D eigenvalue weighted by Gasteiger charge is -2.19. The van der Waals surface area contributed by atoms with Crippen LogP contribution in [0.5, 0.6) is 0 Å². The van der Waals surface area contributed by atoms with Crippen LogP contribution in [0.4, 0.5) is 0 Å². The molecule has 0 radical (unpaired) electrons. The summed E-state index contributed by atoms with van der Waals surface area (Å²) < 4.78 is 0. The van der Waals surface area contributed by atoms with Crippen LogP contribution in [0.1, 0.15) is 32.6 Å². The normalized spacial score (nSPS) is 24.1. The van der Waals surface area contributed by atoms with Gasteiger partial charge in [-0.25, -0.2) is 0 Å². The van der Waals surface area contributed by atoms with Crippen LogP contribution in [-0.2, 0) is 0 Å². The molecule has 2 heteroatoms. The molecule has 2 rings (SSSR count). The zero-order valence-corrected chi connectivity index (χ0v) is 11.5. The molecule has 0 aromatic heterocycles. The van der Waals surface area contributed by atoms with Gasteiger partial charge in [-0.2, -0.15) is 0 Å². The molecular weight excluding hydrogens is 226 g/mol. The molecule has 0 spiro atoms. The lowest BCUT2D eigenvalue weighted by molar-refractivity contribution is 0.399.